The van der Waals surface area contributed by atoms with Crippen molar-refractivity contribution >= 4 is 23.6 Å². The van der Waals surface area contributed by atoms with E-state index in [1.54, 1.807) is 28.8 Å². The van der Waals surface area contributed by atoms with Gasteiger partial charge in [-0.3, -0.25) is 4.79 Å². The molecule has 0 heterocycles. The SMILES string of the molecule is CCN(Cc1ccc(C(F)(F)F)cc1)C(=O)Cc1ccc(SCc2ccccc2C(=O)OC)cc1. The number of nitrogens with zero attached hydrogens (tertiary/aromatic N) is 1. The van der Waals surface area contributed by atoms with Crippen molar-refractivity contribution in [1.29, 1.82) is 0 Å². The van der Waals surface area contributed by atoms with Crippen molar-refractivity contribution in [2.24, 2.45) is 0 Å². The normalized spacial score (nSPS) is 11.2. The first-order chi connectivity index (χ1) is 16.7. The van der Waals surface area contributed by atoms with E-state index in [9.17, 15) is 22.8 Å². The van der Waals surface area contributed by atoms with E-state index in [4.69, 9.17) is 4.74 Å². The van der Waals surface area contributed by atoms with Crippen LogP contribution in [0.25, 0.3) is 0 Å². The van der Waals surface area contributed by atoms with Gasteiger partial charge in [-0.15, -0.1) is 11.8 Å². The van der Waals surface area contributed by atoms with Gasteiger partial charge in [0.1, 0.15) is 0 Å². The lowest BCUT2D eigenvalue weighted by Gasteiger charge is -2.21. The summed E-state index contributed by atoms with van der Waals surface area (Å²) in [4.78, 5) is 27.3. The molecule has 0 aliphatic carbocycles. The number of methoxy groups -OCH3 is 1. The molecular formula is C27H26F3NO3S. The largest absolute Gasteiger partial charge is 0.465 e. The van der Waals surface area contributed by atoms with Crippen molar-refractivity contribution in [1.82, 2.24) is 4.90 Å². The van der Waals surface area contributed by atoms with Gasteiger partial charge >= 0.3 is 12.1 Å². The van der Waals surface area contributed by atoms with E-state index in [-0.39, 0.29) is 24.8 Å². The first-order valence-corrected chi connectivity index (χ1v) is 12.0. The summed E-state index contributed by atoms with van der Waals surface area (Å²) in [6, 6.07) is 19.8. The molecule has 0 aromatic heterocycles. The van der Waals surface area contributed by atoms with Crippen LogP contribution < -0.4 is 0 Å². The van der Waals surface area contributed by atoms with Gasteiger partial charge in [0.15, 0.2) is 0 Å². The second kappa shape index (κ2) is 11.9. The number of amides is 1. The minimum absolute atomic E-state index is 0.0974. The number of thioether (sulfide) groups is 1. The summed E-state index contributed by atoms with van der Waals surface area (Å²) in [6.45, 7) is 2.54. The van der Waals surface area contributed by atoms with Crippen molar-refractivity contribution in [3.8, 4) is 0 Å². The number of esters is 1. The highest BCUT2D eigenvalue weighted by Gasteiger charge is 2.30. The molecule has 0 saturated carbocycles. The first kappa shape index (κ1) is 26.3. The molecule has 0 bridgehead atoms. The third-order valence-electron chi connectivity index (χ3n) is 5.48. The summed E-state index contributed by atoms with van der Waals surface area (Å²) < 4.78 is 43.1. The Morgan fingerprint density at radius 2 is 1.54 bits per heavy atom. The maximum absolute atomic E-state index is 12.8. The molecule has 1 amide bonds. The summed E-state index contributed by atoms with van der Waals surface area (Å²) in [7, 11) is 1.36. The summed E-state index contributed by atoms with van der Waals surface area (Å²) >= 11 is 1.58. The monoisotopic (exact) mass is 501 g/mol. The van der Waals surface area contributed by atoms with E-state index in [1.807, 2.05) is 43.3 Å². The smallest absolute Gasteiger partial charge is 0.416 e. The van der Waals surface area contributed by atoms with E-state index >= 15 is 0 Å². The Morgan fingerprint density at radius 3 is 2.14 bits per heavy atom. The lowest BCUT2D eigenvalue weighted by atomic mass is 10.1. The molecular weight excluding hydrogens is 475 g/mol. The lowest BCUT2D eigenvalue weighted by Crippen LogP contribution is -2.31. The molecule has 0 aliphatic heterocycles. The van der Waals surface area contributed by atoms with Gasteiger partial charge in [0, 0.05) is 23.7 Å². The molecule has 0 aliphatic rings. The highest BCUT2D eigenvalue weighted by Crippen LogP contribution is 2.29. The average molecular weight is 502 g/mol. The third-order valence-corrected chi connectivity index (χ3v) is 6.55. The fraction of sp³-hybridized carbons (Fsp3) is 0.259. The zero-order valence-electron chi connectivity index (χ0n) is 19.5. The van der Waals surface area contributed by atoms with Gasteiger partial charge in [-0.2, -0.15) is 13.2 Å². The summed E-state index contributed by atoms with van der Waals surface area (Å²) in [6.07, 6.45) is -4.18. The molecule has 0 radical (unpaired) electrons. The van der Waals surface area contributed by atoms with Crippen LogP contribution in [0.4, 0.5) is 13.2 Å². The van der Waals surface area contributed by atoms with Gasteiger partial charge in [-0.05, 0) is 53.9 Å². The van der Waals surface area contributed by atoms with Crippen LogP contribution >= 0.6 is 11.8 Å². The quantitative estimate of drug-likeness (QED) is 0.252. The second-order valence-electron chi connectivity index (χ2n) is 7.86. The summed E-state index contributed by atoms with van der Waals surface area (Å²) in [5.74, 6) is 0.131. The van der Waals surface area contributed by atoms with E-state index in [0.29, 0.717) is 23.4 Å². The van der Waals surface area contributed by atoms with E-state index in [1.165, 1.54) is 19.2 Å². The minimum Gasteiger partial charge on any atom is -0.465 e. The predicted molar refractivity (Wildman–Crippen MR) is 130 cm³/mol. The van der Waals surface area contributed by atoms with Crippen LogP contribution in [0.5, 0.6) is 0 Å². The molecule has 4 nitrogen and oxygen atoms in total. The molecule has 184 valence electrons. The number of hydrogen-bond acceptors (Lipinski definition) is 4. The Bertz CT molecular complexity index is 1150. The Hall–Kier alpha value is -3.26. The molecule has 3 aromatic rings. The lowest BCUT2D eigenvalue weighted by molar-refractivity contribution is -0.137. The van der Waals surface area contributed by atoms with Crippen LogP contribution in [-0.2, 0) is 34.4 Å². The van der Waals surface area contributed by atoms with Crippen LogP contribution in [0.1, 0.15) is 39.5 Å². The van der Waals surface area contributed by atoms with Gasteiger partial charge in [-0.25, -0.2) is 4.79 Å². The number of halogens is 3. The molecule has 0 atom stereocenters. The van der Waals surface area contributed by atoms with Crippen LogP contribution in [0, 0.1) is 0 Å². The molecule has 0 saturated heterocycles. The topological polar surface area (TPSA) is 46.6 Å². The Balaban J connectivity index is 1.57. The number of ether oxygens (including phenoxy) is 1. The van der Waals surface area contributed by atoms with Gasteiger partial charge in [-0.1, -0.05) is 42.5 Å². The summed E-state index contributed by atoms with van der Waals surface area (Å²) in [5.41, 5.74) is 2.21. The highest BCUT2D eigenvalue weighted by atomic mass is 32.2. The number of carbonyl (C=O) groups is 2. The first-order valence-electron chi connectivity index (χ1n) is 11.0. The van der Waals surface area contributed by atoms with Crippen molar-refractivity contribution in [2.75, 3.05) is 13.7 Å². The van der Waals surface area contributed by atoms with Crippen molar-refractivity contribution in [3.63, 3.8) is 0 Å². The van der Waals surface area contributed by atoms with Gasteiger partial charge < -0.3 is 9.64 Å². The molecule has 0 fully saturated rings. The Morgan fingerprint density at radius 1 is 0.914 bits per heavy atom. The van der Waals surface area contributed by atoms with Crippen molar-refractivity contribution < 1.29 is 27.5 Å². The Labute approximate surface area is 207 Å². The number of benzene rings is 3. The molecule has 0 spiro atoms. The van der Waals surface area contributed by atoms with Crippen LogP contribution in [0.15, 0.2) is 77.7 Å². The average Bonchev–Trinajstić information content (AvgIpc) is 2.86. The Kier molecular flexibility index (Phi) is 8.98. The zero-order chi connectivity index (χ0) is 25.4. The molecule has 3 rings (SSSR count). The number of alkyl halides is 3. The van der Waals surface area contributed by atoms with E-state index in [0.717, 1.165) is 28.2 Å². The molecule has 0 N–H and O–H groups in total. The van der Waals surface area contributed by atoms with Crippen molar-refractivity contribution in [3.05, 3.63) is 101 Å². The maximum Gasteiger partial charge on any atom is 0.416 e. The fourth-order valence-corrected chi connectivity index (χ4v) is 4.40. The highest BCUT2D eigenvalue weighted by molar-refractivity contribution is 7.98. The minimum atomic E-state index is -4.38. The number of rotatable bonds is 9. The molecule has 8 heteroatoms. The van der Waals surface area contributed by atoms with Gasteiger partial charge in [0.05, 0.1) is 24.7 Å². The fourth-order valence-electron chi connectivity index (χ4n) is 3.50. The van der Waals surface area contributed by atoms with Gasteiger partial charge in [0.25, 0.3) is 0 Å². The standard InChI is InChI=1S/C27H26F3NO3S/c1-3-31(17-20-8-12-22(13-9-20)27(28,29)30)25(32)16-19-10-14-23(15-11-19)35-18-21-6-4-5-7-24(21)26(33)34-2/h4-15H,3,16-18H2,1-2H3. The van der Waals surface area contributed by atoms with E-state index in [2.05, 4.69) is 0 Å². The molecule has 3 aromatic carbocycles. The molecule has 35 heavy (non-hydrogen) atoms. The number of likely N-dealkylation sites (N-methyl/N-ethyl adjacent to an activating group) is 1. The maximum atomic E-state index is 12.8. The molecule has 0 unspecified atom stereocenters. The predicted octanol–water partition coefficient (Wildman–Crippen LogP) is 6.38. The van der Waals surface area contributed by atoms with E-state index < -0.39 is 11.7 Å². The van der Waals surface area contributed by atoms with Gasteiger partial charge in [0.2, 0.25) is 5.91 Å². The second-order valence-corrected chi connectivity index (χ2v) is 8.91. The van der Waals surface area contributed by atoms with Crippen molar-refractivity contribution in [2.45, 2.75) is 36.7 Å². The third kappa shape index (κ3) is 7.36. The zero-order valence-corrected chi connectivity index (χ0v) is 20.3. The van der Waals surface area contributed by atoms with Crippen LogP contribution in [-0.4, -0.2) is 30.4 Å². The van der Waals surface area contributed by atoms with Crippen LogP contribution in [0.3, 0.4) is 0 Å². The van der Waals surface area contributed by atoms with Crippen LogP contribution in [0.2, 0.25) is 0 Å². The number of carbonyl (C=O) groups excluding carboxylic acids is 2. The summed E-state index contributed by atoms with van der Waals surface area (Å²) in [5, 5.41) is 0. The number of hydrogen-bond donors (Lipinski definition) is 0.